The van der Waals surface area contributed by atoms with E-state index in [1.807, 2.05) is 0 Å². The highest BCUT2D eigenvalue weighted by atomic mass is 32.1. The lowest BCUT2D eigenvalue weighted by Crippen LogP contribution is -2.27. The van der Waals surface area contributed by atoms with Gasteiger partial charge in [0.05, 0.1) is 16.6 Å². The summed E-state index contributed by atoms with van der Waals surface area (Å²) >= 11 is 1.35. The first-order valence-electron chi connectivity index (χ1n) is 4.42. The average Bonchev–Trinajstić information content (AvgIpc) is 2.62. The van der Waals surface area contributed by atoms with Crippen LogP contribution >= 0.6 is 11.5 Å². The van der Waals surface area contributed by atoms with Gasteiger partial charge in [-0.05, 0) is 17.5 Å². The third kappa shape index (κ3) is 2.29. The van der Waals surface area contributed by atoms with Crippen molar-refractivity contribution in [2.45, 2.75) is 32.2 Å². The number of hydrogen-bond acceptors (Lipinski definition) is 5. The predicted molar refractivity (Wildman–Crippen MR) is 57.5 cm³/mol. The van der Waals surface area contributed by atoms with Crippen LogP contribution in [0.4, 0.5) is 0 Å². The topological polar surface area (TPSA) is 63.8 Å². The van der Waals surface area contributed by atoms with Gasteiger partial charge in [0.1, 0.15) is 0 Å². The molecule has 1 aromatic rings. The van der Waals surface area contributed by atoms with Gasteiger partial charge in [-0.15, -0.1) is 17.4 Å². The molecule has 0 aromatic carbocycles. The van der Waals surface area contributed by atoms with E-state index < -0.39 is 0 Å². The number of hydrogen-bond donors (Lipinski definition) is 2. The first kappa shape index (κ1) is 11.1. The second kappa shape index (κ2) is 5.05. The molecule has 14 heavy (non-hydrogen) atoms. The van der Waals surface area contributed by atoms with Crippen LogP contribution in [0.5, 0.6) is 0 Å². The Morgan fingerprint density at radius 3 is 2.86 bits per heavy atom. The van der Waals surface area contributed by atoms with Gasteiger partial charge in [-0.2, -0.15) is 0 Å². The molecule has 5 heteroatoms. The Balaban J connectivity index is 2.92. The molecule has 1 aromatic heterocycles. The second-order valence-electron chi connectivity index (χ2n) is 3.30. The smallest absolute Gasteiger partial charge is 0.0829 e. The molecule has 4 nitrogen and oxygen atoms in total. The zero-order valence-corrected chi connectivity index (χ0v) is 9.14. The molecule has 0 aliphatic rings. The predicted octanol–water partition coefficient (Wildman–Crippen LogP) is 1.19. The van der Waals surface area contributed by atoms with Gasteiger partial charge < -0.3 is 0 Å². The van der Waals surface area contributed by atoms with Crippen molar-refractivity contribution in [2.75, 3.05) is 0 Å². The Morgan fingerprint density at radius 1 is 1.64 bits per heavy atom. The first-order chi connectivity index (χ1) is 6.70. The Morgan fingerprint density at radius 2 is 2.36 bits per heavy atom. The van der Waals surface area contributed by atoms with E-state index in [1.54, 1.807) is 0 Å². The van der Waals surface area contributed by atoms with Crippen molar-refractivity contribution >= 4 is 11.5 Å². The molecule has 0 aliphatic carbocycles. The van der Waals surface area contributed by atoms with Crippen molar-refractivity contribution in [1.82, 2.24) is 15.0 Å². The summed E-state index contributed by atoms with van der Waals surface area (Å²) in [5, 5.41) is 4.07. The van der Waals surface area contributed by atoms with Crippen LogP contribution in [-0.2, 0) is 0 Å². The normalized spacial score (nSPS) is 12.8. The second-order valence-corrected chi connectivity index (χ2v) is 4.09. The fourth-order valence-electron chi connectivity index (χ4n) is 1.19. The number of nitrogens with two attached hydrogens (primary N) is 1. The fourth-order valence-corrected chi connectivity index (χ4v) is 2.06. The number of aromatic nitrogens is 2. The molecule has 0 radical (unpaired) electrons. The van der Waals surface area contributed by atoms with Crippen LogP contribution in [0, 0.1) is 12.3 Å². The van der Waals surface area contributed by atoms with Crippen LogP contribution in [0.3, 0.4) is 0 Å². The standard InChI is InChI=1S/C9H14N4S/c1-4-5-7(11-10)9-8(6(2)3)12-13-14-9/h1,6-7,11H,5,10H2,2-3H3. The quantitative estimate of drug-likeness (QED) is 0.445. The number of rotatable bonds is 4. The molecular weight excluding hydrogens is 196 g/mol. The molecule has 1 unspecified atom stereocenters. The molecule has 0 fully saturated rings. The van der Waals surface area contributed by atoms with Gasteiger partial charge in [0, 0.05) is 6.42 Å². The highest BCUT2D eigenvalue weighted by Gasteiger charge is 2.19. The molecule has 0 aliphatic heterocycles. The molecule has 76 valence electrons. The summed E-state index contributed by atoms with van der Waals surface area (Å²) in [7, 11) is 0. The highest BCUT2D eigenvalue weighted by Crippen LogP contribution is 2.27. The van der Waals surface area contributed by atoms with Crippen molar-refractivity contribution in [3.63, 3.8) is 0 Å². The summed E-state index contributed by atoms with van der Waals surface area (Å²) in [6, 6.07) is -0.0302. The Hall–Kier alpha value is -0.960. The fraction of sp³-hybridized carbons (Fsp3) is 0.556. The molecule has 0 bridgehead atoms. The molecule has 0 saturated carbocycles. The number of terminal acetylenes is 1. The summed E-state index contributed by atoms with van der Waals surface area (Å²) < 4.78 is 3.92. The minimum absolute atomic E-state index is 0.0302. The van der Waals surface area contributed by atoms with Crippen LogP contribution in [0.25, 0.3) is 0 Å². The van der Waals surface area contributed by atoms with E-state index in [0.29, 0.717) is 12.3 Å². The molecule has 1 rings (SSSR count). The number of hydrazine groups is 1. The van der Waals surface area contributed by atoms with Gasteiger partial charge in [-0.3, -0.25) is 11.3 Å². The van der Waals surface area contributed by atoms with Gasteiger partial charge in [0.15, 0.2) is 0 Å². The monoisotopic (exact) mass is 210 g/mol. The lowest BCUT2D eigenvalue weighted by Gasteiger charge is -2.12. The Labute approximate surface area is 88.0 Å². The summed E-state index contributed by atoms with van der Waals surface area (Å²) in [6.07, 6.45) is 5.81. The first-order valence-corrected chi connectivity index (χ1v) is 5.19. The van der Waals surface area contributed by atoms with Gasteiger partial charge >= 0.3 is 0 Å². The van der Waals surface area contributed by atoms with Crippen molar-refractivity contribution in [3.05, 3.63) is 10.6 Å². The highest BCUT2D eigenvalue weighted by molar-refractivity contribution is 7.05. The van der Waals surface area contributed by atoms with Gasteiger partial charge in [-0.25, -0.2) is 0 Å². The van der Waals surface area contributed by atoms with Crippen molar-refractivity contribution in [1.29, 1.82) is 0 Å². The zero-order chi connectivity index (χ0) is 10.6. The maximum Gasteiger partial charge on any atom is 0.0829 e. The van der Waals surface area contributed by atoms with Crippen LogP contribution in [0.15, 0.2) is 0 Å². The molecule has 0 amide bonds. The van der Waals surface area contributed by atoms with Gasteiger partial charge in [0.25, 0.3) is 0 Å². The third-order valence-corrected chi connectivity index (χ3v) is 2.78. The molecular formula is C9H14N4S. The van der Waals surface area contributed by atoms with E-state index in [2.05, 4.69) is 34.8 Å². The van der Waals surface area contributed by atoms with Crippen molar-refractivity contribution < 1.29 is 0 Å². The van der Waals surface area contributed by atoms with Crippen LogP contribution in [-0.4, -0.2) is 9.59 Å². The third-order valence-electron chi connectivity index (χ3n) is 1.93. The Kier molecular flexibility index (Phi) is 4.01. The van der Waals surface area contributed by atoms with Crippen LogP contribution < -0.4 is 11.3 Å². The Bertz CT molecular complexity index is 326. The van der Waals surface area contributed by atoms with Crippen LogP contribution in [0.2, 0.25) is 0 Å². The molecule has 1 atom stereocenters. The lowest BCUT2D eigenvalue weighted by atomic mass is 10.0. The zero-order valence-electron chi connectivity index (χ0n) is 8.32. The van der Waals surface area contributed by atoms with Gasteiger partial charge in [0.2, 0.25) is 0 Å². The van der Waals surface area contributed by atoms with Gasteiger partial charge in [-0.1, -0.05) is 18.3 Å². The van der Waals surface area contributed by atoms with E-state index in [1.165, 1.54) is 11.5 Å². The maximum absolute atomic E-state index is 5.42. The van der Waals surface area contributed by atoms with Crippen molar-refractivity contribution in [3.8, 4) is 12.3 Å². The van der Waals surface area contributed by atoms with Crippen LogP contribution in [0.1, 0.15) is 42.8 Å². The summed E-state index contributed by atoms with van der Waals surface area (Å²) in [4.78, 5) is 1.04. The maximum atomic E-state index is 5.42. The molecule has 1 heterocycles. The largest absolute Gasteiger partial charge is 0.271 e. The van der Waals surface area contributed by atoms with E-state index in [4.69, 9.17) is 12.3 Å². The number of nitrogens with zero attached hydrogens (tertiary/aromatic N) is 2. The molecule has 0 spiro atoms. The summed E-state index contributed by atoms with van der Waals surface area (Å²) in [5.74, 6) is 8.35. The van der Waals surface area contributed by atoms with E-state index in [0.717, 1.165) is 10.6 Å². The molecule has 0 saturated heterocycles. The SMILES string of the molecule is C#CCC(NN)c1snnc1C(C)C. The van der Waals surface area contributed by atoms with E-state index in [9.17, 15) is 0 Å². The van der Waals surface area contributed by atoms with Crippen molar-refractivity contribution in [2.24, 2.45) is 5.84 Å². The lowest BCUT2D eigenvalue weighted by molar-refractivity contribution is 0.567. The minimum Gasteiger partial charge on any atom is -0.271 e. The van der Waals surface area contributed by atoms with E-state index >= 15 is 0 Å². The summed E-state index contributed by atoms with van der Waals surface area (Å²) in [5.41, 5.74) is 3.67. The molecule has 3 N–H and O–H groups in total. The minimum atomic E-state index is -0.0302. The number of nitrogens with one attached hydrogen (secondary N) is 1. The average molecular weight is 210 g/mol. The summed E-state index contributed by atoms with van der Waals surface area (Å²) in [6.45, 7) is 4.15. The van der Waals surface area contributed by atoms with E-state index in [-0.39, 0.29) is 6.04 Å².